The Bertz CT molecular complexity index is 1630. The molecule has 1 amide bonds. The molecule has 0 radical (unpaired) electrons. The number of phosphoric acid groups is 2. The summed E-state index contributed by atoms with van der Waals surface area (Å²) in [6.07, 6.45) is -6.85. The normalized spacial score (nSPS) is 31.6. The molecule has 2 aliphatic heterocycles. The van der Waals surface area contributed by atoms with Crippen molar-refractivity contribution >= 4 is 38.5 Å². The Balaban J connectivity index is 1.16. The number of carbonyl (C=O) groups is 1. The minimum atomic E-state index is -5.37. The number of primary amides is 1. The number of ether oxygens (including phenoxy) is 2. The molecule has 3 aromatic rings. The van der Waals surface area contributed by atoms with E-state index in [0.717, 1.165) is 6.33 Å². The number of hydrogen-bond acceptors (Lipinski definition) is 16. The summed E-state index contributed by atoms with van der Waals surface area (Å²) < 4.78 is 52.0. The van der Waals surface area contributed by atoms with Crippen LogP contribution in [0.1, 0.15) is 22.8 Å². The molecule has 0 aromatic carbocycles. The van der Waals surface area contributed by atoms with Crippen LogP contribution >= 0.6 is 15.6 Å². The topological polar surface area (TPSA) is 318 Å². The molecule has 5 rings (SSSR count). The first-order valence-electron chi connectivity index (χ1n) is 12.6. The smallest absolute Gasteiger partial charge is 0.387 e. The Morgan fingerprint density at radius 1 is 0.977 bits per heavy atom. The van der Waals surface area contributed by atoms with Gasteiger partial charge in [0.25, 0.3) is 12.1 Å². The fourth-order valence-corrected chi connectivity index (χ4v) is 6.67. The summed E-state index contributed by atoms with van der Waals surface area (Å²) in [7, 11) is -10.7. The van der Waals surface area contributed by atoms with Gasteiger partial charge in [0.15, 0.2) is 36.2 Å². The monoisotopic (exact) mass is 664 g/mol. The summed E-state index contributed by atoms with van der Waals surface area (Å²) in [5, 5.41) is 41.6. The predicted octanol–water partition coefficient (Wildman–Crippen LogP) is -3.02. The van der Waals surface area contributed by atoms with Crippen molar-refractivity contribution < 1.29 is 71.5 Å². The second kappa shape index (κ2) is 12.4. The van der Waals surface area contributed by atoms with E-state index >= 15 is 0 Å². The number of imidazole rings is 1. The fraction of sp³-hybridized carbons (Fsp3) is 0.476. The van der Waals surface area contributed by atoms with E-state index in [0.29, 0.717) is 0 Å². The van der Waals surface area contributed by atoms with Crippen LogP contribution in [0.15, 0.2) is 37.2 Å². The van der Waals surface area contributed by atoms with Crippen LogP contribution in [0.3, 0.4) is 0 Å². The number of nitrogens with two attached hydrogens (primary N) is 2. The molecule has 10 N–H and O–H groups in total. The molecule has 240 valence electrons. The first-order valence-corrected chi connectivity index (χ1v) is 15.6. The van der Waals surface area contributed by atoms with Crippen LogP contribution in [0, 0.1) is 0 Å². The summed E-state index contributed by atoms with van der Waals surface area (Å²) in [5.41, 5.74) is 11.4. The third-order valence-corrected chi connectivity index (χ3v) is 9.35. The first kappa shape index (κ1) is 32.4. The number of carbonyl (C=O) groups excluding carboxylic acids is 1. The van der Waals surface area contributed by atoms with Gasteiger partial charge in [0.2, 0.25) is 0 Å². The molecule has 10 atom stereocenters. The Labute approximate surface area is 246 Å². The van der Waals surface area contributed by atoms with E-state index in [2.05, 4.69) is 23.8 Å². The lowest BCUT2D eigenvalue weighted by Crippen LogP contribution is -2.46. The zero-order valence-corrected chi connectivity index (χ0v) is 24.0. The van der Waals surface area contributed by atoms with Gasteiger partial charge in [-0.3, -0.25) is 18.4 Å². The van der Waals surface area contributed by atoms with Gasteiger partial charge in [-0.05, 0) is 6.07 Å². The molecule has 21 nitrogen and oxygen atoms in total. The van der Waals surface area contributed by atoms with Crippen molar-refractivity contribution in [1.82, 2.24) is 19.5 Å². The van der Waals surface area contributed by atoms with Crippen LogP contribution in [-0.4, -0.2) is 105 Å². The van der Waals surface area contributed by atoms with Crippen LogP contribution < -0.4 is 16.0 Å². The molecule has 0 aliphatic carbocycles. The van der Waals surface area contributed by atoms with Gasteiger partial charge in [-0.25, -0.2) is 24.1 Å². The summed E-state index contributed by atoms with van der Waals surface area (Å²) in [6.45, 7) is -1.80. The van der Waals surface area contributed by atoms with Crippen molar-refractivity contribution in [3.8, 4) is 0 Å². The lowest BCUT2D eigenvalue weighted by Gasteiger charge is -2.20. The number of rotatable bonds is 11. The van der Waals surface area contributed by atoms with Crippen LogP contribution in [-0.2, 0) is 32.0 Å². The summed E-state index contributed by atoms with van der Waals surface area (Å²) in [4.78, 5) is 43.3. The zero-order valence-electron chi connectivity index (χ0n) is 22.2. The minimum absolute atomic E-state index is 0.0505. The van der Waals surface area contributed by atoms with Crippen LogP contribution in [0.25, 0.3) is 11.2 Å². The van der Waals surface area contributed by atoms with Crippen molar-refractivity contribution in [3.05, 3.63) is 42.7 Å². The number of aromatic nitrogens is 5. The SMILES string of the molecule is NC(=O)c1ccc[n+]([C@@H]2O[C@H](COP(=O)(O)OP(=O)(O)OC[C@H]3O[C@@H](n4cnc5c(N)ncnc54)[C@@H](O)C3O)[C@H](O)C2O)c1. The largest absolute Gasteiger partial charge is 0.481 e. The molecule has 0 bridgehead atoms. The maximum Gasteiger partial charge on any atom is 0.481 e. The number of nitrogens with zero attached hydrogens (tertiary/aromatic N) is 5. The molecule has 4 unspecified atom stereocenters. The number of anilines is 1. The Morgan fingerprint density at radius 2 is 1.61 bits per heavy atom. The van der Waals surface area contributed by atoms with Crippen LogP contribution in [0.2, 0.25) is 0 Å². The Hall–Kier alpha value is -3.01. The Kier molecular flexibility index (Phi) is 9.13. The highest BCUT2D eigenvalue weighted by molar-refractivity contribution is 7.61. The summed E-state index contributed by atoms with van der Waals surface area (Å²) >= 11 is 0. The molecule has 5 heterocycles. The van der Waals surface area contributed by atoms with Gasteiger partial charge in [-0.2, -0.15) is 8.88 Å². The number of nitrogen functional groups attached to an aromatic ring is 1. The maximum absolute atomic E-state index is 12.4. The van der Waals surface area contributed by atoms with E-state index in [1.54, 1.807) is 0 Å². The highest BCUT2D eigenvalue weighted by Crippen LogP contribution is 2.60. The Morgan fingerprint density at radius 3 is 2.27 bits per heavy atom. The average Bonchev–Trinajstić information content (AvgIpc) is 3.61. The fourth-order valence-electron chi connectivity index (χ4n) is 4.58. The summed E-state index contributed by atoms with van der Waals surface area (Å²) in [6, 6.07) is 2.83. The van der Waals surface area contributed by atoms with Crippen molar-refractivity contribution in [1.29, 1.82) is 0 Å². The number of phosphoric ester groups is 2. The van der Waals surface area contributed by atoms with Gasteiger partial charge < -0.3 is 51.2 Å². The quantitative estimate of drug-likeness (QED) is 0.0747. The zero-order chi connectivity index (χ0) is 32.0. The lowest BCUT2D eigenvalue weighted by molar-refractivity contribution is -0.765. The highest BCUT2D eigenvalue weighted by Gasteiger charge is 2.50. The molecule has 2 fully saturated rings. The van der Waals surface area contributed by atoms with E-state index in [-0.39, 0.29) is 22.5 Å². The van der Waals surface area contributed by atoms with E-state index in [1.165, 1.54) is 40.0 Å². The number of hydrogen-bond donors (Lipinski definition) is 8. The number of amides is 1. The van der Waals surface area contributed by atoms with Crippen molar-refractivity contribution in [2.75, 3.05) is 18.9 Å². The van der Waals surface area contributed by atoms with E-state index in [4.69, 9.17) is 25.5 Å². The van der Waals surface area contributed by atoms with Crippen molar-refractivity contribution in [2.45, 2.75) is 49.1 Å². The third-order valence-electron chi connectivity index (χ3n) is 6.75. The van der Waals surface area contributed by atoms with E-state index in [9.17, 15) is 44.1 Å². The van der Waals surface area contributed by atoms with Gasteiger partial charge >= 0.3 is 15.6 Å². The van der Waals surface area contributed by atoms with Gasteiger partial charge in [-0.15, -0.1) is 0 Å². The number of aliphatic hydroxyl groups excluding tert-OH is 4. The standard InChI is InChI=1S/C21H27N7O14P2/c22-17-12-19(25-7-24-17)28(8-26-12)21-16(32)14(30)11(41-21)6-39-44(36,37)42-43(34,35)38-5-10-13(29)15(31)20(40-10)27-3-1-2-9(4-27)18(23)33/h1-4,7-8,10-11,13-16,20-21,29-32H,5-6H2,(H5-,22,23,24,25,33,34,35,36,37)/p+1/t10-,11-,13+,14?,15?,16+,20-,21-/m1/s1. The number of pyridine rings is 1. The lowest BCUT2D eigenvalue weighted by atomic mass is 10.1. The van der Waals surface area contributed by atoms with Crippen molar-refractivity contribution in [2.24, 2.45) is 5.73 Å². The molecule has 23 heteroatoms. The molecule has 2 aliphatic rings. The van der Waals surface area contributed by atoms with Gasteiger partial charge in [0.1, 0.15) is 47.9 Å². The highest BCUT2D eigenvalue weighted by atomic mass is 31.3. The average molecular weight is 664 g/mol. The maximum atomic E-state index is 12.4. The first-order chi connectivity index (χ1) is 20.7. The molecule has 0 spiro atoms. The molecular formula is C21H28N7O14P2+. The van der Waals surface area contributed by atoms with Gasteiger partial charge in [-0.1, -0.05) is 0 Å². The molecule has 3 aromatic heterocycles. The number of aliphatic hydroxyl groups is 4. The molecular weight excluding hydrogens is 636 g/mol. The summed E-state index contributed by atoms with van der Waals surface area (Å²) in [5.74, 6) is -0.714. The van der Waals surface area contributed by atoms with Crippen molar-refractivity contribution in [3.63, 3.8) is 0 Å². The third kappa shape index (κ3) is 6.65. The van der Waals surface area contributed by atoms with Gasteiger partial charge in [0.05, 0.1) is 19.5 Å². The van der Waals surface area contributed by atoms with Crippen LogP contribution in [0.4, 0.5) is 5.82 Å². The molecule has 44 heavy (non-hydrogen) atoms. The van der Waals surface area contributed by atoms with Crippen LogP contribution in [0.5, 0.6) is 0 Å². The molecule has 2 saturated heterocycles. The van der Waals surface area contributed by atoms with E-state index < -0.39 is 83.8 Å². The molecule has 0 saturated carbocycles. The minimum Gasteiger partial charge on any atom is -0.387 e. The second-order valence-corrected chi connectivity index (χ2v) is 12.7. The van der Waals surface area contributed by atoms with Gasteiger partial charge in [0, 0.05) is 6.07 Å². The van der Waals surface area contributed by atoms with E-state index in [1.807, 2.05) is 0 Å². The predicted molar refractivity (Wildman–Crippen MR) is 139 cm³/mol. The number of fused-ring (bicyclic) bond motifs is 1. The second-order valence-electron chi connectivity index (χ2n) is 9.69.